The maximum Gasteiger partial charge on any atom is 0.268 e. The smallest absolute Gasteiger partial charge is 0.268 e. The third kappa shape index (κ3) is 3.85. The lowest BCUT2D eigenvalue weighted by Crippen LogP contribution is -2.49. The van der Waals surface area contributed by atoms with E-state index in [1.807, 2.05) is 30.0 Å². The van der Waals surface area contributed by atoms with Crippen molar-refractivity contribution in [2.45, 2.75) is 58.1 Å². The molecule has 1 aromatic rings. The molecule has 6 heteroatoms. The number of carbonyl (C=O) groups excluding carboxylic acids is 2. The molecule has 2 atom stereocenters. The Morgan fingerprint density at radius 1 is 1.27 bits per heavy atom. The van der Waals surface area contributed by atoms with E-state index in [2.05, 4.69) is 0 Å². The lowest BCUT2D eigenvalue weighted by molar-refractivity contribution is -0.133. The Hall–Kier alpha value is -2.08. The molecule has 2 aliphatic rings. The Bertz CT molecular complexity index is 668. The molecule has 1 fully saturated rings. The summed E-state index contributed by atoms with van der Waals surface area (Å²) in [6.07, 6.45) is 4.61. The van der Waals surface area contributed by atoms with Crippen LogP contribution in [0.2, 0.25) is 0 Å². The van der Waals surface area contributed by atoms with Gasteiger partial charge in [0.25, 0.3) is 5.91 Å². The molecule has 0 bridgehead atoms. The van der Waals surface area contributed by atoms with Crippen LogP contribution in [0.25, 0.3) is 0 Å². The average Bonchev–Trinajstić information content (AvgIpc) is 2.94. The van der Waals surface area contributed by atoms with Gasteiger partial charge in [0.1, 0.15) is 12.3 Å². The zero-order valence-corrected chi connectivity index (χ0v) is 15.7. The number of hydrogen-bond acceptors (Lipinski definition) is 4. The van der Waals surface area contributed by atoms with Gasteiger partial charge in [-0.1, -0.05) is 25.8 Å². The van der Waals surface area contributed by atoms with Crippen LogP contribution in [0, 0.1) is 0 Å². The van der Waals surface area contributed by atoms with E-state index in [9.17, 15) is 9.59 Å². The summed E-state index contributed by atoms with van der Waals surface area (Å²) in [5.41, 5.74) is 7.75. The van der Waals surface area contributed by atoms with Gasteiger partial charge in [0.05, 0.1) is 5.69 Å². The Morgan fingerprint density at radius 3 is 2.62 bits per heavy atom. The minimum Gasteiger partial charge on any atom is -0.479 e. The number of hydrogen-bond donors (Lipinski definition) is 1. The molecular formula is C20H29N3O3. The lowest BCUT2D eigenvalue weighted by atomic mass is 10.0. The first-order chi connectivity index (χ1) is 12.5. The zero-order chi connectivity index (χ0) is 18.7. The molecule has 0 spiro atoms. The van der Waals surface area contributed by atoms with Gasteiger partial charge in [0.2, 0.25) is 5.91 Å². The fraction of sp³-hybridized carbons (Fsp3) is 0.600. The van der Waals surface area contributed by atoms with Crippen LogP contribution in [0.1, 0.15) is 57.6 Å². The maximum absolute atomic E-state index is 12.8. The fourth-order valence-electron chi connectivity index (χ4n) is 3.61. The molecule has 0 saturated carbocycles. The molecule has 26 heavy (non-hydrogen) atoms. The molecule has 6 nitrogen and oxygen atoms in total. The Morgan fingerprint density at radius 2 is 1.96 bits per heavy atom. The first kappa shape index (κ1) is 18.7. The van der Waals surface area contributed by atoms with Gasteiger partial charge in [-0.15, -0.1) is 0 Å². The molecule has 0 radical (unpaired) electrons. The number of ether oxygens (including phenoxy) is 1. The van der Waals surface area contributed by atoms with Crippen molar-refractivity contribution in [1.29, 1.82) is 0 Å². The summed E-state index contributed by atoms with van der Waals surface area (Å²) >= 11 is 0. The van der Waals surface area contributed by atoms with Crippen molar-refractivity contribution in [2.75, 3.05) is 24.5 Å². The monoisotopic (exact) mass is 359 g/mol. The molecule has 3 rings (SSSR count). The molecular weight excluding hydrogens is 330 g/mol. The molecule has 1 saturated heterocycles. The van der Waals surface area contributed by atoms with Crippen LogP contribution in [-0.4, -0.2) is 42.5 Å². The number of anilines is 1. The molecule has 2 heterocycles. The highest BCUT2D eigenvalue weighted by Crippen LogP contribution is 2.36. The van der Waals surface area contributed by atoms with Gasteiger partial charge in [-0.3, -0.25) is 14.5 Å². The Balaban J connectivity index is 1.85. The van der Waals surface area contributed by atoms with E-state index < -0.39 is 6.10 Å². The minimum absolute atomic E-state index is 0.00509. The third-order valence-electron chi connectivity index (χ3n) is 5.31. The Kier molecular flexibility index (Phi) is 5.81. The second kappa shape index (κ2) is 8.08. The molecule has 0 aromatic heterocycles. The summed E-state index contributed by atoms with van der Waals surface area (Å²) in [5, 5.41) is 0. The quantitative estimate of drug-likeness (QED) is 0.897. The van der Waals surface area contributed by atoms with Gasteiger partial charge >= 0.3 is 0 Å². The normalized spacial score (nSPS) is 21.7. The van der Waals surface area contributed by atoms with E-state index in [0.29, 0.717) is 11.4 Å². The van der Waals surface area contributed by atoms with Crippen LogP contribution in [0.3, 0.4) is 0 Å². The highest BCUT2D eigenvalue weighted by molar-refractivity contribution is 6.03. The standard InChI is InChI=1S/C20H29N3O3/c1-3-16(21)15-8-9-18-17(12-15)23(20(25)14(2)26-18)13-19(24)22-10-6-4-5-7-11-22/h8-9,12,14,16H,3-7,10-11,13,21H2,1-2H3. The largest absolute Gasteiger partial charge is 0.479 e. The van der Waals surface area contributed by atoms with Gasteiger partial charge in [0.15, 0.2) is 6.10 Å². The predicted octanol–water partition coefficient (Wildman–Crippen LogP) is 2.61. The first-order valence-corrected chi connectivity index (χ1v) is 9.66. The second-order valence-electron chi connectivity index (χ2n) is 7.22. The van der Waals surface area contributed by atoms with Gasteiger partial charge in [-0.2, -0.15) is 0 Å². The average molecular weight is 359 g/mol. The third-order valence-corrected chi connectivity index (χ3v) is 5.31. The molecule has 142 valence electrons. The van der Waals surface area contributed by atoms with Crippen LogP contribution < -0.4 is 15.4 Å². The fourth-order valence-corrected chi connectivity index (χ4v) is 3.61. The number of benzene rings is 1. The minimum atomic E-state index is -0.592. The number of fused-ring (bicyclic) bond motifs is 1. The molecule has 2 N–H and O–H groups in total. The summed E-state index contributed by atoms with van der Waals surface area (Å²) in [5.74, 6) is 0.459. The van der Waals surface area contributed by atoms with E-state index in [1.54, 1.807) is 11.8 Å². The van der Waals surface area contributed by atoms with Crippen LogP contribution in [0.15, 0.2) is 18.2 Å². The highest BCUT2D eigenvalue weighted by Gasteiger charge is 2.34. The number of likely N-dealkylation sites (tertiary alicyclic amines) is 1. The second-order valence-corrected chi connectivity index (χ2v) is 7.22. The Labute approximate surface area is 155 Å². The maximum atomic E-state index is 12.8. The van der Waals surface area contributed by atoms with Crippen molar-refractivity contribution in [3.63, 3.8) is 0 Å². The van der Waals surface area contributed by atoms with Gasteiger partial charge in [-0.05, 0) is 43.9 Å². The van der Waals surface area contributed by atoms with Gasteiger partial charge < -0.3 is 15.4 Å². The van der Waals surface area contributed by atoms with Crippen LogP contribution in [0.5, 0.6) is 5.75 Å². The van der Waals surface area contributed by atoms with Crippen molar-refractivity contribution in [2.24, 2.45) is 5.73 Å². The highest BCUT2D eigenvalue weighted by atomic mass is 16.5. The molecule has 2 amide bonds. The number of nitrogens with two attached hydrogens (primary N) is 1. The SMILES string of the molecule is CCC(N)c1ccc2c(c1)N(CC(=O)N1CCCCCC1)C(=O)C(C)O2. The zero-order valence-electron chi connectivity index (χ0n) is 15.7. The van der Waals surface area contributed by atoms with E-state index in [1.165, 1.54) is 12.8 Å². The number of amides is 2. The van der Waals surface area contributed by atoms with Crippen molar-refractivity contribution >= 4 is 17.5 Å². The molecule has 2 unspecified atom stereocenters. The van der Waals surface area contributed by atoms with E-state index in [0.717, 1.165) is 37.9 Å². The summed E-state index contributed by atoms with van der Waals surface area (Å²) < 4.78 is 5.73. The van der Waals surface area contributed by atoms with Gasteiger partial charge in [0, 0.05) is 19.1 Å². The topological polar surface area (TPSA) is 75.9 Å². The van der Waals surface area contributed by atoms with Crippen molar-refractivity contribution in [3.05, 3.63) is 23.8 Å². The van der Waals surface area contributed by atoms with E-state index in [-0.39, 0.29) is 24.4 Å². The molecule has 1 aromatic carbocycles. The molecule has 2 aliphatic heterocycles. The van der Waals surface area contributed by atoms with Crippen molar-refractivity contribution in [3.8, 4) is 5.75 Å². The molecule has 0 aliphatic carbocycles. The predicted molar refractivity (Wildman–Crippen MR) is 101 cm³/mol. The lowest BCUT2D eigenvalue weighted by Gasteiger charge is -2.34. The summed E-state index contributed by atoms with van der Waals surface area (Å²) in [7, 11) is 0. The van der Waals surface area contributed by atoms with Crippen LogP contribution >= 0.6 is 0 Å². The van der Waals surface area contributed by atoms with Crippen LogP contribution in [-0.2, 0) is 9.59 Å². The number of rotatable bonds is 4. The summed E-state index contributed by atoms with van der Waals surface area (Å²) in [6, 6.07) is 5.58. The van der Waals surface area contributed by atoms with E-state index >= 15 is 0 Å². The number of carbonyl (C=O) groups is 2. The van der Waals surface area contributed by atoms with Crippen molar-refractivity contribution in [1.82, 2.24) is 4.90 Å². The van der Waals surface area contributed by atoms with Crippen molar-refractivity contribution < 1.29 is 14.3 Å². The van der Waals surface area contributed by atoms with Crippen LogP contribution in [0.4, 0.5) is 5.69 Å². The summed E-state index contributed by atoms with van der Waals surface area (Å²) in [4.78, 5) is 29.0. The first-order valence-electron chi connectivity index (χ1n) is 9.66. The van der Waals surface area contributed by atoms with Gasteiger partial charge in [-0.25, -0.2) is 0 Å². The number of nitrogens with zero attached hydrogens (tertiary/aromatic N) is 2. The van der Waals surface area contributed by atoms with E-state index in [4.69, 9.17) is 10.5 Å². The summed E-state index contributed by atoms with van der Waals surface area (Å²) in [6.45, 7) is 5.36.